The standard InChI is InChI=1S/C28H24FN3O4S/c1-4-36-20-13-14-21-22(15-20)37-28(30-21)32-24(16-7-11-19(12-8-16)31(2)3)23(26(34)27(32)35)25(33)17-5-9-18(29)10-6-17/h5-15,24,33H,4H2,1-3H3/b25-23+. The summed E-state index contributed by atoms with van der Waals surface area (Å²) in [5, 5.41) is 11.5. The van der Waals surface area contributed by atoms with Gasteiger partial charge in [0.25, 0.3) is 5.78 Å². The Labute approximate surface area is 217 Å². The lowest BCUT2D eigenvalue weighted by atomic mass is 9.95. The summed E-state index contributed by atoms with van der Waals surface area (Å²) in [5.41, 5.74) is 2.37. The van der Waals surface area contributed by atoms with E-state index >= 15 is 0 Å². The summed E-state index contributed by atoms with van der Waals surface area (Å²) < 4.78 is 19.9. The van der Waals surface area contributed by atoms with E-state index in [1.807, 2.05) is 56.3 Å². The maximum atomic E-state index is 13.5. The van der Waals surface area contributed by atoms with Crippen molar-refractivity contribution in [3.8, 4) is 5.75 Å². The lowest BCUT2D eigenvalue weighted by molar-refractivity contribution is -0.132. The molecule has 1 saturated heterocycles. The summed E-state index contributed by atoms with van der Waals surface area (Å²) >= 11 is 1.26. The normalized spacial score (nSPS) is 17.0. The van der Waals surface area contributed by atoms with Gasteiger partial charge in [-0.05, 0) is 67.1 Å². The molecule has 0 aliphatic carbocycles. The molecule has 0 bridgehead atoms. The third-order valence-corrected chi connectivity index (χ3v) is 7.17. The Morgan fingerprint density at radius 3 is 2.43 bits per heavy atom. The molecule has 1 aliphatic rings. The van der Waals surface area contributed by atoms with Crippen molar-refractivity contribution in [3.63, 3.8) is 0 Å². The molecule has 0 spiro atoms. The second-order valence-electron chi connectivity index (χ2n) is 8.72. The highest BCUT2D eigenvalue weighted by Gasteiger charge is 2.48. The molecule has 0 radical (unpaired) electrons. The van der Waals surface area contributed by atoms with Crippen LogP contribution >= 0.6 is 11.3 Å². The average molecular weight is 518 g/mol. The van der Waals surface area contributed by atoms with Gasteiger partial charge in [-0.1, -0.05) is 23.5 Å². The van der Waals surface area contributed by atoms with Crippen LogP contribution in [0.15, 0.2) is 72.3 Å². The second-order valence-corrected chi connectivity index (χ2v) is 9.73. The van der Waals surface area contributed by atoms with E-state index in [-0.39, 0.29) is 16.9 Å². The quantitative estimate of drug-likeness (QED) is 0.206. The van der Waals surface area contributed by atoms with Gasteiger partial charge in [0.1, 0.15) is 17.3 Å². The molecular formula is C28H24FN3O4S. The zero-order valence-electron chi connectivity index (χ0n) is 20.4. The highest BCUT2D eigenvalue weighted by atomic mass is 32.1. The molecule has 1 amide bonds. The van der Waals surface area contributed by atoms with Crippen LogP contribution in [-0.4, -0.2) is 42.5 Å². The van der Waals surface area contributed by atoms with Crippen molar-refractivity contribution in [1.82, 2.24) is 4.98 Å². The van der Waals surface area contributed by atoms with E-state index in [0.29, 0.717) is 28.6 Å². The molecule has 188 valence electrons. The number of ether oxygens (including phenoxy) is 1. The molecule has 9 heteroatoms. The number of carbonyl (C=O) groups is 2. The van der Waals surface area contributed by atoms with E-state index in [4.69, 9.17) is 4.74 Å². The number of carbonyl (C=O) groups excluding carboxylic acids is 2. The fourth-order valence-corrected chi connectivity index (χ4v) is 5.34. The number of halogens is 1. The Morgan fingerprint density at radius 2 is 1.78 bits per heavy atom. The van der Waals surface area contributed by atoms with Crippen LogP contribution in [0.3, 0.4) is 0 Å². The minimum Gasteiger partial charge on any atom is -0.507 e. The number of rotatable bonds is 6. The highest BCUT2D eigenvalue weighted by molar-refractivity contribution is 7.22. The number of amides is 1. The van der Waals surface area contributed by atoms with Gasteiger partial charge in [0, 0.05) is 25.3 Å². The third kappa shape index (κ3) is 4.42. The summed E-state index contributed by atoms with van der Waals surface area (Å²) in [7, 11) is 3.82. The first-order valence-electron chi connectivity index (χ1n) is 11.7. The largest absolute Gasteiger partial charge is 0.507 e. The predicted octanol–water partition coefficient (Wildman–Crippen LogP) is 5.53. The molecule has 0 saturated carbocycles. The van der Waals surface area contributed by atoms with Gasteiger partial charge in [0.2, 0.25) is 0 Å². The van der Waals surface area contributed by atoms with E-state index in [2.05, 4.69) is 4.98 Å². The minimum absolute atomic E-state index is 0.0801. The van der Waals surface area contributed by atoms with Crippen LogP contribution in [0.2, 0.25) is 0 Å². The molecule has 1 atom stereocenters. The van der Waals surface area contributed by atoms with Gasteiger partial charge in [0.15, 0.2) is 5.13 Å². The Kier molecular flexibility index (Phi) is 6.39. The van der Waals surface area contributed by atoms with Crippen molar-refractivity contribution in [1.29, 1.82) is 0 Å². The topological polar surface area (TPSA) is 83.0 Å². The third-order valence-electron chi connectivity index (χ3n) is 6.15. The molecule has 1 fully saturated rings. The number of aliphatic hydroxyl groups excluding tert-OH is 1. The van der Waals surface area contributed by atoms with Crippen LogP contribution < -0.4 is 14.5 Å². The van der Waals surface area contributed by atoms with E-state index in [0.717, 1.165) is 10.4 Å². The summed E-state index contributed by atoms with van der Waals surface area (Å²) in [6.45, 7) is 2.41. The molecule has 1 unspecified atom stereocenters. The highest BCUT2D eigenvalue weighted by Crippen LogP contribution is 2.44. The molecule has 1 N–H and O–H groups in total. The molecule has 7 nitrogen and oxygen atoms in total. The smallest absolute Gasteiger partial charge is 0.301 e. The molecule has 2 heterocycles. The van der Waals surface area contributed by atoms with Crippen LogP contribution in [0, 0.1) is 5.82 Å². The number of thiazole rings is 1. The molecule has 1 aliphatic heterocycles. The summed E-state index contributed by atoms with van der Waals surface area (Å²) in [5.74, 6) is -1.80. The number of nitrogens with zero attached hydrogens (tertiary/aromatic N) is 3. The van der Waals surface area contributed by atoms with Gasteiger partial charge >= 0.3 is 5.91 Å². The van der Waals surface area contributed by atoms with Crippen molar-refractivity contribution in [3.05, 3.63) is 89.2 Å². The van der Waals surface area contributed by atoms with E-state index < -0.39 is 23.5 Å². The van der Waals surface area contributed by atoms with Crippen LogP contribution in [0.25, 0.3) is 16.0 Å². The number of aliphatic hydroxyl groups is 1. The number of Topliss-reactive ketones (excluding diaryl/α,β-unsaturated/α-hetero) is 1. The van der Waals surface area contributed by atoms with E-state index in [1.165, 1.54) is 40.5 Å². The lowest BCUT2D eigenvalue weighted by Crippen LogP contribution is -2.29. The zero-order chi connectivity index (χ0) is 26.3. The number of benzene rings is 3. The van der Waals surface area contributed by atoms with Crippen LogP contribution in [0.4, 0.5) is 15.2 Å². The predicted molar refractivity (Wildman–Crippen MR) is 143 cm³/mol. The SMILES string of the molecule is CCOc1ccc2nc(N3C(=O)C(=O)/C(=C(/O)c4ccc(F)cc4)C3c3ccc(N(C)C)cc3)sc2c1. The summed E-state index contributed by atoms with van der Waals surface area (Å²) in [6, 6.07) is 17.0. The Hall–Kier alpha value is -4.24. The van der Waals surface area contributed by atoms with Gasteiger partial charge < -0.3 is 14.7 Å². The molecule has 5 rings (SSSR count). The lowest BCUT2D eigenvalue weighted by Gasteiger charge is -2.23. The number of ketones is 1. The van der Waals surface area contributed by atoms with E-state index in [1.54, 1.807) is 12.1 Å². The Bertz CT molecular complexity index is 1530. The van der Waals surface area contributed by atoms with Crippen LogP contribution in [-0.2, 0) is 9.59 Å². The van der Waals surface area contributed by atoms with Gasteiger partial charge in [-0.15, -0.1) is 0 Å². The number of fused-ring (bicyclic) bond motifs is 1. The fourth-order valence-electron chi connectivity index (χ4n) is 4.32. The van der Waals surface area contributed by atoms with Gasteiger partial charge in [-0.3, -0.25) is 14.5 Å². The average Bonchev–Trinajstić information content (AvgIpc) is 3.42. The first-order valence-corrected chi connectivity index (χ1v) is 12.5. The summed E-state index contributed by atoms with van der Waals surface area (Å²) in [4.78, 5) is 34.7. The molecule has 1 aromatic heterocycles. The second kappa shape index (κ2) is 9.67. The molecule has 4 aromatic rings. The first-order chi connectivity index (χ1) is 17.8. The minimum atomic E-state index is -0.923. The van der Waals surface area contributed by atoms with Crippen molar-refractivity contribution in [2.24, 2.45) is 0 Å². The number of hydrogen-bond donors (Lipinski definition) is 1. The molecular weight excluding hydrogens is 493 g/mol. The first kappa shape index (κ1) is 24.5. The summed E-state index contributed by atoms with van der Waals surface area (Å²) in [6.07, 6.45) is 0. The fraction of sp³-hybridized carbons (Fsp3) is 0.179. The maximum absolute atomic E-state index is 13.5. The van der Waals surface area contributed by atoms with Crippen molar-refractivity contribution < 1.29 is 23.8 Å². The van der Waals surface area contributed by atoms with Gasteiger partial charge in [0.05, 0.1) is 28.4 Å². The van der Waals surface area contributed by atoms with Gasteiger partial charge in [-0.25, -0.2) is 9.37 Å². The van der Waals surface area contributed by atoms with Crippen LogP contribution in [0.5, 0.6) is 5.75 Å². The number of anilines is 2. The monoisotopic (exact) mass is 517 g/mol. The maximum Gasteiger partial charge on any atom is 0.301 e. The zero-order valence-corrected chi connectivity index (χ0v) is 21.3. The molecule has 3 aromatic carbocycles. The number of aromatic nitrogens is 1. The van der Waals surface area contributed by atoms with Crippen molar-refractivity contribution in [2.75, 3.05) is 30.5 Å². The van der Waals surface area contributed by atoms with Crippen molar-refractivity contribution >= 4 is 49.8 Å². The van der Waals surface area contributed by atoms with Crippen molar-refractivity contribution in [2.45, 2.75) is 13.0 Å². The Balaban J connectivity index is 1.68. The Morgan fingerprint density at radius 1 is 1.08 bits per heavy atom. The molecule has 37 heavy (non-hydrogen) atoms. The van der Waals surface area contributed by atoms with Gasteiger partial charge in [-0.2, -0.15) is 0 Å². The van der Waals surface area contributed by atoms with Crippen LogP contribution in [0.1, 0.15) is 24.1 Å². The number of hydrogen-bond acceptors (Lipinski definition) is 7. The van der Waals surface area contributed by atoms with E-state index in [9.17, 15) is 19.1 Å².